The molecule has 0 aliphatic carbocycles. The van der Waals surface area contributed by atoms with Gasteiger partial charge in [-0.3, -0.25) is 13.8 Å². The van der Waals surface area contributed by atoms with Crippen molar-refractivity contribution in [2.75, 3.05) is 40.9 Å². The van der Waals surface area contributed by atoms with Crippen molar-refractivity contribution >= 4 is 13.7 Å². The van der Waals surface area contributed by atoms with Gasteiger partial charge < -0.3 is 19.8 Å². The van der Waals surface area contributed by atoms with E-state index in [9.17, 15) is 19.4 Å². The number of nitrogens with one attached hydrogen (secondary N) is 1. The van der Waals surface area contributed by atoms with Gasteiger partial charge in [-0.15, -0.1) is 0 Å². The molecule has 9 heteroatoms. The summed E-state index contributed by atoms with van der Waals surface area (Å²) < 4.78 is 23.6. The summed E-state index contributed by atoms with van der Waals surface area (Å²) in [7, 11) is 1.55. The van der Waals surface area contributed by atoms with Crippen LogP contribution in [0.25, 0.3) is 0 Å². The van der Waals surface area contributed by atoms with Gasteiger partial charge >= 0.3 is 7.82 Å². The number of likely N-dealkylation sites (N-methyl/N-ethyl adjacent to an activating group) is 1. The molecule has 3 atom stereocenters. The van der Waals surface area contributed by atoms with Crippen LogP contribution in [0.3, 0.4) is 0 Å². The summed E-state index contributed by atoms with van der Waals surface area (Å²) in [6.07, 6.45) is 59.7. The van der Waals surface area contributed by atoms with Crippen molar-refractivity contribution in [3.63, 3.8) is 0 Å². The topological polar surface area (TPSA) is 105 Å². The zero-order valence-electron chi connectivity index (χ0n) is 43.0. The zero-order valence-corrected chi connectivity index (χ0v) is 43.9. The maximum Gasteiger partial charge on any atom is 0.472 e. The predicted molar refractivity (Wildman–Crippen MR) is 277 cm³/mol. The Morgan fingerprint density at radius 2 is 0.859 bits per heavy atom. The summed E-state index contributed by atoms with van der Waals surface area (Å²) in [6.45, 7) is 4.80. The van der Waals surface area contributed by atoms with Gasteiger partial charge in [-0.05, 0) is 57.8 Å². The second-order valence-corrected chi connectivity index (χ2v) is 21.4. The molecule has 3 unspecified atom stereocenters. The van der Waals surface area contributed by atoms with Gasteiger partial charge in [-0.2, -0.15) is 0 Å². The van der Waals surface area contributed by atoms with Crippen LogP contribution in [-0.4, -0.2) is 73.4 Å². The van der Waals surface area contributed by atoms with Crippen LogP contribution in [0, 0.1) is 0 Å². The number of hydrogen-bond donors (Lipinski definition) is 3. The van der Waals surface area contributed by atoms with Gasteiger partial charge in [0.2, 0.25) is 5.91 Å². The second-order valence-electron chi connectivity index (χ2n) is 19.9. The number of rotatable bonds is 50. The Bertz CT molecular complexity index is 1140. The van der Waals surface area contributed by atoms with Crippen LogP contribution in [0.4, 0.5) is 0 Å². The molecule has 3 N–H and O–H groups in total. The van der Waals surface area contributed by atoms with Crippen LogP contribution >= 0.6 is 7.82 Å². The lowest BCUT2D eigenvalue weighted by Gasteiger charge is -2.25. The van der Waals surface area contributed by atoms with E-state index in [-0.39, 0.29) is 19.1 Å². The highest BCUT2D eigenvalue weighted by Gasteiger charge is 2.27. The highest BCUT2D eigenvalue weighted by Crippen LogP contribution is 2.43. The third kappa shape index (κ3) is 48.6. The maximum atomic E-state index is 12.9. The summed E-state index contributed by atoms with van der Waals surface area (Å²) in [5, 5.41) is 13.9. The van der Waals surface area contributed by atoms with Gasteiger partial charge in [0.25, 0.3) is 0 Å². The molecule has 0 aromatic carbocycles. The van der Waals surface area contributed by atoms with Crippen LogP contribution in [0.2, 0.25) is 0 Å². The van der Waals surface area contributed by atoms with E-state index in [1.807, 2.05) is 27.2 Å². The summed E-state index contributed by atoms with van der Waals surface area (Å²) >= 11 is 0. The number of nitrogens with zero attached hydrogens (tertiary/aromatic N) is 1. The average Bonchev–Trinajstić information content (AvgIpc) is 3.25. The fourth-order valence-corrected chi connectivity index (χ4v) is 8.73. The molecule has 0 spiro atoms. The molecule has 0 fully saturated rings. The minimum Gasteiger partial charge on any atom is -0.387 e. The molecule has 0 aromatic heterocycles. The predicted octanol–water partition coefficient (Wildman–Crippen LogP) is 16.2. The number of quaternary nitrogens is 1. The average molecular weight is 924 g/mol. The van der Waals surface area contributed by atoms with Crippen molar-refractivity contribution in [3.05, 3.63) is 36.5 Å². The Kier molecular flexibility index (Phi) is 45.9. The van der Waals surface area contributed by atoms with Crippen molar-refractivity contribution in [1.82, 2.24) is 5.32 Å². The zero-order chi connectivity index (χ0) is 47.1. The number of allylic oxidation sites excluding steroid dienone is 5. The quantitative estimate of drug-likeness (QED) is 0.0243. The first kappa shape index (κ1) is 62.7. The molecular formula is C55H108N2O6P+. The molecule has 0 aliphatic rings. The minimum absolute atomic E-state index is 0.0549. The van der Waals surface area contributed by atoms with E-state index >= 15 is 0 Å². The van der Waals surface area contributed by atoms with E-state index in [0.717, 1.165) is 51.4 Å². The molecule has 0 saturated heterocycles. The lowest BCUT2D eigenvalue weighted by molar-refractivity contribution is -0.870. The standard InChI is InChI=1S/C55H107N2O6P/c1-6-8-10-12-14-16-18-20-22-23-24-25-26-27-28-29-30-31-32-33-34-35-36-38-40-42-44-46-48-54(58)53(52-63-64(60,61)62-51-50-57(3,4)5)56-55(59)49-47-45-43-41-39-37-21-19-17-15-13-11-9-7-2/h19,21,38,40,46,48,53-54,58H,6-18,20,22-37,39,41-45,47,49-52H2,1-5H3,(H-,56,59,60,61)/p+1/b21-19-,40-38+,48-46+. The molecule has 0 aromatic rings. The van der Waals surface area contributed by atoms with Crippen LogP contribution in [0.5, 0.6) is 0 Å². The molecule has 0 heterocycles. The number of hydrogen-bond acceptors (Lipinski definition) is 5. The smallest absolute Gasteiger partial charge is 0.387 e. The van der Waals surface area contributed by atoms with Crippen LogP contribution in [0.15, 0.2) is 36.5 Å². The third-order valence-electron chi connectivity index (χ3n) is 12.3. The highest BCUT2D eigenvalue weighted by molar-refractivity contribution is 7.47. The Morgan fingerprint density at radius 3 is 1.25 bits per heavy atom. The molecule has 378 valence electrons. The van der Waals surface area contributed by atoms with E-state index in [2.05, 4.69) is 43.5 Å². The van der Waals surface area contributed by atoms with Crippen LogP contribution < -0.4 is 5.32 Å². The van der Waals surface area contributed by atoms with E-state index in [1.54, 1.807) is 6.08 Å². The van der Waals surface area contributed by atoms with Crippen LogP contribution in [0.1, 0.15) is 258 Å². The normalized spacial score (nSPS) is 14.3. The van der Waals surface area contributed by atoms with Gasteiger partial charge in [-0.25, -0.2) is 4.57 Å². The molecule has 0 bridgehead atoms. The summed E-state index contributed by atoms with van der Waals surface area (Å²) in [5.74, 6) is -0.194. The first-order valence-corrected chi connectivity index (χ1v) is 28.9. The molecule has 0 aliphatic heterocycles. The van der Waals surface area contributed by atoms with Gasteiger partial charge in [0.15, 0.2) is 0 Å². The van der Waals surface area contributed by atoms with E-state index in [0.29, 0.717) is 17.4 Å². The summed E-state index contributed by atoms with van der Waals surface area (Å²) in [5.41, 5.74) is 0. The number of carbonyl (C=O) groups excluding carboxylic acids is 1. The van der Waals surface area contributed by atoms with Crippen molar-refractivity contribution < 1.29 is 32.9 Å². The van der Waals surface area contributed by atoms with Crippen molar-refractivity contribution in [1.29, 1.82) is 0 Å². The fourth-order valence-electron chi connectivity index (χ4n) is 7.99. The van der Waals surface area contributed by atoms with Crippen LogP contribution in [-0.2, 0) is 18.4 Å². The van der Waals surface area contributed by atoms with Gasteiger partial charge in [0.05, 0.1) is 39.9 Å². The number of aliphatic hydroxyl groups excluding tert-OH is 1. The van der Waals surface area contributed by atoms with Gasteiger partial charge in [0.1, 0.15) is 13.2 Å². The molecule has 0 rings (SSSR count). The molecule has 0 radical (unpaired) electrons. The number of phosphoric ester groups is 1. The first-order valence-electron chi connectivity index (χ1n) is 27.4. The summed E-state index contributed by atoms with van der Waals surface area (Å²) in [4.78, 5) is 23.2. The molecule has 0 saturated carbocycles. The second kappa shape index (κ2) is 46.8. The van der Waals surface area contributed by atoms with E-state index in [4.69, 9.17) is 9.05 Å². The van der Waals surface area contributed by atoms with E-state index < -0.39 is 20.0 Å². The maximum absolute atomic E-state index is 12.9. The number of amides is 1. The minimum atomic E-state index is -4.35. The van der Waals surface area contributed by atoms with Crippen molar-refractivity contribution in [2.45, 2.75) is 270 Å². The number of aliphatic hydroxyl groups is 1. The molecule has 1 amide bonds. The van der Waals surface area contributed by atoms with E-state index in [1.165, 1.54) is 186 Å². The van der Waals surface area contributed by atoms with Crippen molar-refractivity contribution in [2.24, 2.45) is 0 Å². The Morgan fingerprint density at radius 1 is 0.516 bits per heavy atom. The lowest BCUT2D eigenvalue weighted by Crippen LogP contribution is -2.45. The highest BCUT2D eigenvalue weighted by atomic mass is 31.2. The number of carbonyl (C=O) groups is 1. The van der Waals surface area contributed by atoms with Gasteiger partial charge in [-0.1, -0.05) is 230 Å². The van der Waals surface area contributed by atoms with Crippen molar-refractivity contribution in [3.8, 4) is 0 Å². The molecular weight excluding hydrogens is 816 g/mol. The first-order chi connectivity index (χ1) is 31.0. The lowest BCUT2D eigenvalue weighted by atomic mass is 10.0. The fraction of sp³-hybridized carbons (Fsp3) is 0.873. The monoisotopic (exact) mass is 924 g/mol. The third-order valence-corrected chi connectivity index (χ3v) is 13.3. The Labute approximate surface area is 397 Å². The Balaban J connectivity index is 4.21. The number of phosphoric acid groups is 1. The largest absolute Gasteiger partial charge is 0.472 e. The molecule has 64 heavy (non-hydrogen) atoms. The number of unbranched alkanes of at least 4 members (excludes halogenated alkanes) is 33. The Hall–Kier alpha value is -1.28. The SMILES string of the molecule is CCCCCCC/C=C\CCCCCCCC(=O)NC(COP(=O)(O)OCC[N+](C)(C)C)C(O)/C=C/CC/C=C/CCCCCCCCCCCCCCCCCCCCCCCC. The summed E-state index contributed by atoms with van der Waals surface area (Å²) in [6, 6.07) is -0.867. The molecule has 8 nitrogen and oxygen atoms in total. The van der Waals surface area contributed by atoms with Gasteiger partial charge in [0, 0.05) is 6.42 Å².